The number of hydrogen-bond acceptors (Lipinski definition) is 4. The maximum absolute atomic E-state index is 3.47. The van der Waals surface area contributed by atoms with Crippen molar-refractivity contribution < 1.29 is 0 Å². The Morgan fingerprint density at radius 3 is 2.16 bits per heavy atom. The highest BCUT2D eigenvalue weighted by Gasteiger charge is 2.24. The monoisotopic (exact) mass is 399 g/mol. The summed E-state index contributed by atoms with van der Waals surface area (Å²) in [7, 11) is 0. The maximum Gasteiger partial charge on any atom is 0.0696 e. The van der Waals surface area contributed by atoms with Crippen molar-refractivity contribution in [2.24, 2.45) is 0 Å². The molecule has 138 valence electrons. The quantitative estimate of drug-likeness (QED) is 0.831. The van der Waals surface area contributed by atoms with E-state index in [1.54, 1.807) is 0 Å². The van der Waals surface area contributed by atoms with Crippen LogP contribution in [0, 0.1) is 0 Å². The highest BCUT2D eigenvalue weighted by atomic mass is 35.5. The van der Waals surface area contributed by atoms with Crippen molar-refractivity contribution in [1.82, 2.24) is 10.2 Å². The third kappa shape index (κ3) is 4.69. The van der Waals surface area contributed by atoms with E-state index in [9.17, 15) is 0 Å². The molecule has 0 radical (unpaired) electrons. The van der Waals surface area contributed by atoms with Gasteiger partial charge in [0.25, 0.3) is 0 Å². The lowest BCUT2D eigenvalue weighted by molar-refractivity contribution is 0.200. The van der Waals surface area contributed by atoms with Crippen LogP contribution < -0.4 is 10.2 Å². The van der Waals surface area contributed by atoms with Crippen LogP contribution in [0.25, 0.3) is 0 Å². The van der Waals surface area contributed by atoms with Crippen LogP contribution in [-0.4, -0.2) is 44.2 Å². The molecule has 2 saturated heterocycles. The van der Waals surface area contributed by atoms with Gasteiger partial charge in [-0.25, -0.2) is 0 Å². The molecule has 4 rings (SSSR count). The third-order valence-corrected chi connectivity index (χ3v) is 5.93. The molecule has 3 nitrogen and oxygen atoms in total. The lowest BCUT2D eigenvalue weighted by Gasteiger charge is -2.35. The van der Waals surface area contributed by atoms with E-state index in [0.717, 1.165) is 26.2 Å². The summed E-state index contributed by atoms with van der Waals surface area (Å²) in [5.74, 6) is 0. The molecule has 25 heavy (non-hydrogen) atoms. The summed E-state index contributed by atoms with van der Waals surface area (Å²) in [6.45, 7) is 6.85. The van der Waals surface area contributed by atoms with Crippen molar-refractivity contribution in [3.63, 3.8) is 0 Å². The second kappa shape index (κ2) is 9.79. The minimum atomic E-state index is 0. The van der Waals surface area contributed by atoms with Crippen LogP contribution in [-0.2, 0) is 0 Å². The van der Waals surface area contributed by atoms with Crippen molar-refractivity contribution in [3.05, 3.63) is 52.2 Å². The van der Waals surface area contributed by atoms with Crippen LogP contribution in [0.15, 0.2) is 41.8 Å². The number of anilines is 1. The number of thiophene rings is 1. The van der Waals surface area contributed by atoms with Crippen LogP contribution in [0.4, 0.5) is 5.69 Å². The minimum Gasteiger partial charge on any atom is -0.372 e. The predicted octanol–water partition coefficient (Wildman–Crippen LogP) is 4.19. The Morgan fingerprint density at radius 1 is 0.880 bits per heavy atom. The van der Waals surface area contributed by atoms with E-state index in [1.807, 2.05) is 11.3 Å². The number of benzene rings is 1. The molecule has 0 spiro atoms. The summed E-state index contributed by atoms with van der Waals surface area (Å²) >= 11 is 1.88. The fraction of sp³-hybridized carbons (Fsp3) is 0.474. The summed E-state index contributed by atoms with van der Waals surface area (Å²) in [6, 6.07) is 14.2. The normalized spacial score (nSPS) is 19.1. The van der Waals surface area contributed by atoms with Crippen molar-refractivity contribution >= 4 is 41.8 Å². The van der Waals surface area contributed by atoms with Crippen molar-refractivity contribution in [2.45, 2.75) is 18.9 Å². The first-order valence-corrected chi connectivity index (χ1v) is 9.63. The minimum absolute atomic E-state index is 0. The zero-order valence-corrected chi connectivity index (χ0v) is 16.8. The van der Waals surface area contributed by atoms with Gasteiger partial charge in [-0.1, -0.05) is 18.2 Å². The third-order valence-electron chi connectivity index (χ3n) is 5.01. The van der Waals surface area contributed by atoms with Crippen LogP contribution in [0.3, 0.4) is 0 Å². The molecule has 2 fully saturated rings. The van der Waals surface area contributed by atoms with E-state index in [4.69, 9.17) is 0 Å². The van der Waals surface area contributed by atoms with Crippen LogP contribution in [0.5, 0.6) is 0 Å². The SMILES string of the molecule is Cl.Cl.c1csc([C@H](c2ccc(N3CCCC3)cc2)N2CCNCC2)c1. The number of hydrogen-bond donors (Lipinski definition) is 1. The Balaban J connectivity index is 0.00000113. The molecule has 1 N–H and O–H groups in total. The van der Waals surface area contributed by atoms with E-state index in [0.29, 0.717) is 6.04 Å². The van der Waals surface area contributed by atoms with Gasteiger partial charge in [-0.3, -0.25) is 4.90 Å². The van der Waals surface area contributed by atoms with Gasteiger partial charge in [-0.05, 0) is 42.0 Å². The second-order valence-corrected chi connectivity index (χ2v) is 7.47. The Labute approximate surface area is 167 Å². The standard InChI is InChI=1S/C19H25N3S.2ClH/c1-2-12-21(11-1)17-7-5-16(6-8-17)19(18-4-3-15-23-18)22-13-9-20-10-14-22;;/h3-8,15,19-20H,1-2,9-14H2;2*1H/t19-;;/m0../s1. The van der Waals surface area contributed by atoms with Crippen molar-refractivity contribution in [2.75, 3.05) is 44.2 Å². The number of nitrogens with zero attached hydrogens (tertiary/aromatic N) is 2. The molecular formula is C19H27Cl2N3S. The molecule has 1 aromatic heterocycles. The van der Waals surface area contributed by atoms with Gasteiger partial charge in [0, 0.05) is 49.8 Å². The topological polar surface area (TPSA) is 18.5 Å². The fourth-order valence-corrected chi connectivity index (χ4v) is 4.67. The lowest BCUT2D eigenvalue weighted by Crippen LogP contribution is -2.45. The first-order valence-electron chi connectivity index (χ1n) is 8.75. The lowest BCUT2D eigenvalue weighted by atomic mass is 10.0. The molecule has 2 aliphatic rings. The Bertz CT molecular complexity index is 606. The number of halogens is 2. The first-order chi connectivity index (χ1) is 11.4. The Kier molecular flexibility index (Phi) is 8.04. The second-order valence-electron chi connectivity index (χ2n) is 6.49. The average Bonchev–Trinajstić information content (AvgIpc) is 3.31. The molecule has 0 saturated carbocycles. The van der Waals surface area contributed by atoms with Crippen molar-refractivity contribution in [1.29, 1.82) is 0 Å². The molecule has 1 atom stereocenters. The smallest absolute Gasteiger partial charge is 0.0696 e. The highest BCUT2D eigenvalue weighted by Crippen LogP contribution is 2.33. The maximum atomic E-state index is 3.47. The molecule has 6 heteroatoms. The predicted molar refractivity (Wildman–Crippen MR) is 113 cm³/mol. The summed E-state index contributed by atoms with van der Waals surface area (Å²) in [5, 5.41) is 5.67. The molecule has 0 amide bonds. The number of piperazine rings is 1. The first kappa shape index (κ1) is 20.5. The fourth-order valence-electron chi connectivity index (χ4n) is 3.78. The van der Waals surface area contributed by atoms with Gasteiger partial charge in [-0.2, -0.15) is 0 Å². The largest absolute Gasteiger partial charge is 0.372 e. The summed E-state index contributed by atoms with van der Waals surface area (Å²) in [4.78, 5) is 6.59. The van der Waals surface area contributed by atoms with E-state index >= 15 is 0 Å². The van der Waals surface area contributed by atoms with E-state index in [1.165, 1.54) is 42.1 Å². The molecule has 3 heterocycles. The Hall–Kier alpha value is -0.780. The van der Waals surface area contributed by atoms with E-state index < -0.39 is 0 Å². The summed E-state index contributed by atoms with van der Waals surface area (Å²) in [6.07, 6.45) is 2.67. The van der Waals surface area contributed by atoms with E-state index in [2.05, 4.69) is 56.9 Å². The van der Waals surface area contributed by atoms with Gasteiger partial charge in [0.15, 0.2) is 0 Å². The van der Waals surface area contributed by atoms with Gasteiger partial charge in [-0.15, -0.1) is 36.2 Å². The van der Waals surface area contributed by atoms with Gasteiger partial charge in [0.1, 0.15) is 0 Å². The van der Waals surface area contributed by atoms with E-state index in [-0.39, 0.29) is 24.8 Å². The molecule has 0 unspecified atom stereocenters. The highest BCUT2D eigenvalue weighted by molar-refractivity contribution is 7.10. The zero-order valence-electron chi connectivity index (χ0n) is 14.4. The average molecular weight is 400 g/mol. The van der Waals surface area contributed by atoms with Gasteiger partial charge in [0.05, 0.1) is 6.04 Å². The van der Waals surface area contributed by atoms with Crippen molar-refractivity contribution in [3.8, 4) is 0 Å². The van der Waals surface area contributed by atoms with Crippen LogP contribution >= 0.6 is 36.2 Å². The molecule has 2 aliphatic heterocycles. The molecule has 0 aliphatic carbocycles. The zero-order chi connectivity index (χ0) is 15.5. The number of rotatable bonds is 4. The van der Waals surface area contributed by atoms with Crippen LogP contribution in [0.2, 0.25) is 0 Å². The van der Waals surface area contributed by atoms with Gasteiger partial charge < -0.3 is 10.2 Å². The van der Waals surface area contributed by atoms with Gasteiger partial charge in [0.2, 0.25) is 0 Å². The van der Waals surface area contributed by atoms with Gasteiger partial charge >= 0.3 is 0 Å². The molecule has 2 aromatic rings. The molecule has 1 aromatic carbocycles. The summed E-state index contributed by atoms with van der Waals surface area (Å²) in [5.41, 5.74) is 2.81. The summed E-state index contributed by atoms with van der Waals surface area (Å²) < 4.78 is 0. The number of nitrogens with one attached hydrogen (secondary N) is 1. The Morgan fingerprint density at radius 2 is 1.56 bits per heavy atom. The van der Waals surface area contributed by atoms with Crippen LogP contribution in [0.1, 0.15) is 29.3 Å². The molecule has 0 bridgehead atoms. The molecular weight excluding hydrogens is 373 g/mol.